The predicted octanol–water partition coefficient (Wildman–Crippen LogP) is 3.54. The van der Waals surface area contributed by atoms with Crippen molar-refractivity contribution in [2.24, 2.45) is 0 Å². The van der Waals surface area contributed by atoms with Crippen LogP contribution in [0.3, 0.4) is 0 Å². The van der Waals surface area contributed by atoms with Crippen molar-refractivity contribution >= 4 is 24.2 Å². The third-order valence-electron chi connectivity index (χ3n) is 3.75. The first kappa shape index (κ1) is 17.8. The predicted molar refractivity (Wildman–Crippen MR) is 92.3 cm³/mol. The van der Waals surface area contributed by atoms with Gasteiger partial charge < -0.3 is 9.80 Å². The molecule has 1 fully saturated rings. The second-order valence-electron chi connectivity index (χ2n) is 5.51. The number of hydrogen-bond acceptors (Lipinski definition) is 3. The fourth-order valence-corrected chi connectivity index (χ4v) is 3.25. The highest BCUT2D eigenvalue weighted by Gasteiger charge is 2.12. The molecule has 0 aliphatic carbocycles. The first-order valence-electron chi connectivity index (χ1n) is 7.34. The second-order valence-corrected chi connectivity index (χ2v) is 6.68. The van der Waals surface area contributed by atoms with E-state index in [0.717, 1.165) is 0 Å². The Labute approximate surface area is 134 Å². The van der Waals surface area contributed by atoms with Gasteiger partial charge in [0.2, 0.25) is 0 Å². The Balaban J connectivity index is 0.00000200. The summed E-state index contributed by atoms with van der Waals surface area (Å²) in [7, 11) is 2.22. The molecule has 0 N–H and O–H groups in total. The zero-order valence-corrected chi connectivity index (χ0v) is 14.3. The molecular formula is C16H27ClN2S. The number of piperazine rings is 1. The summed E-state index contributed by atoms with van der Waals surface area (Å²) in [6, 6.07) is 8.88. The van der Waals surface area contributed by atoms with Gasteiger partial charge in [-0.05, 0) is 51.2 Å². The Kier molecular flexibility index (Phi) is 8.62. The van der Waals surface area contributed by atoms with Crippen LogP contribution in [0.25, 0.3) is 0 Å². The third kappa shape index (κ3) is 6.49. The van der Waals surface area contributed by atoms with E-state index in [1.54, 1.807) is 0 Å². The standard InChI is InChI=1S/C16H26N2S.ClH/c1-15-5-7-16(8-6-15)19-14-4-3-9-18-12-10-17(2)11-13-18;/h5-8H,3-4,9-14H2,1-2H3;1H. The maximum atomic E-state index is 2.61. The molecule has 114 valence electrons. The monoisotopic (exact) mass is 314 g/mol. The van der Waals surface area contributed by atoms with Crippen molar-refractivity contribution in [3.8, 4) is 0 Å². The maximum Gasteiger partial charge on any atom is 0.0110 e. The Morgan fingerprint density at radius 2 is 1.65 bits per heavy atom. The number of unbranched alkanes of at least 4 members (excludes halogenated alkanes) is 1. The van der Waals surface area contributed by atoms with Crippen LogP contribution in [0.1, 0.15) is 18.4 Å². The van der Waals surface area contributed by atoms with E-state index >= 15 is 0 Å². The minimum absolute atomic E-state index is 0. The van der Waals surface area contributed by atoms with Crippen molar-refractivity contribution in [2.75, 3.05) is 45.5 Å². The number of benzene rings is 1. The van der Waals surface area contributed by atoms with Crippen LogP contribution in [0.4, 0.5) is 0 Å². The summed E-state index contributed by atoms with van der Waals surface area (Å²) in [6.45, 7) is 8.40. The summed E-state index contributed by atoms with van der Waals surface area (Å²) in [6.07, 6.45) is 2.66. The molecule has 0 bridgehead atoms. The molecule has 1 aliphatic heterocycles. The van der Waals surface area contributed by atoms with Crippen molar-refractivity contribution in [2.45, 2.75) is 24.7 Å². The largest absolute Gasteiger partial charge is 0.304 e. The van der Waals surface area contributed by atoms with Crippen LogP contribution in [0.2, 0.25) is 0 Å². The Bertz CT molecular complexity index is 361. The molecule has 4 heteroatoms. The van der Waals surface area contributed by atoms with Gasteiger partial charge in [0.25, 0.3) is 0 Å². The van der Waals surface area contributed by atoms with Crippen LogP contribution in [0.5, 0.6) is 0 Å². The minimum Gasteiger partial charge on any atom is -0.304 e. The number of likely N-dealkylation sites (N-methyl/N-ethyl adjacent to an activating group) is 1. The fourth-order valence-electron chi connectivity index (χ4n) is 2.33. The highest BCUT2D eigenvalue weighted by Crippen LogP contribution is 2.19. The van der Waals surface area contributed by atoms with Crippen molar-refractivity contribution in [1.29, 1.82) is 0 Å². The molecule has 1 heterocycles. The minimum atomic E-state index is 0. The molecule has 0 radical (unpaired) electrons. The summed E-state index contributed by atoms with van der Waals surface area (Å²) in [5, 5.41) is 0. The lowest BCUT2D eigenvalue weighted by atomic mass is 10.2. The molecule has 0 spiro atoms. The van der Waals surface area contributed by atoms with Crippen LogP contribution in [-0.4, -0.2) is 55.3 Å². The van der Waals surface area contributed by atoms with Gasteiger partial charge in [-0.3, -0.25) is 0 Å². The summed E-state index contributed by atoms with van der Waals surface area (Å²) in [5.74, 6) is 1.25. The fraction of sp³-hybridized carbons (Fsp3) is 0.625. The van der Waals surface area contributed by atoms with Crippen molar-refractivity contribution in [1.82, 2.24) is 9.80 Å². The van der Waals surface area contributed by atoms with E-state index < -0.39 is 0 Å². The Morgan fingerprint density at radius 3 is 2.30 bits per heavy atom. The molecule has 0 atom stereocenters. The highest BCUT2D eigenvalue weighted by atomic mass is 35.5. The lowest BCUT2D eigenvalue weighted by molar-refractivity contribution is 0.153. The highest BCUT2D eigenvalue weighted by molar-refractivity contribution is 7.99. The van der Waals surface area contributed by atoms with Gasteiger partial charge in [-0.2, -0.15) is 0 Å². The molecule has 1 saturated heterocycles. The molecule has 1 aromatic rings. The van der Waals surface area contributed by atoms with E-state index in [1.165, 1.54) is 61.8 Å². The first-order chi connectivity index (χ1) is 9.24. The summed E-state index contributed by atoms with van der Waals surface area (Å²) in [5.41, 5.74) is 1.35. The van der Waals surface area contributed by atoms with E-state index in [4.69, 9.17) is 0 Å². The molecule has 1 aliphatic rings. The van der Waals surface area contributed by atoms with Crippen LogP contribution in [0, 0.1) is 6.92 Å². The van der Waals surface area contributed by atoms with Crippen LogP contribution in [0.15, 0.2) is 29.2 Å². The van der Waals surface area contributed by atoms with Crippen molar-refractivity contribution in [3.05, 3.63) is 29.8 Å². The van der Waals surface area contributed by atoms with Gasteiger partial charge >= 0.3 is 0 Å². The molecule has 20 heavy (non-hydrogen) atoms. The number of hydrogen-bond donors (Lipinski definition) is 0. The second kappa shape index (κ2) is 9.67. The zero-order valence-electron chi connectivity index (χ0n) is 12.7. The SMILES string of the molecule is Cc1ccc(SCCCCN2CCN(C)CC2)cc1.Cl. The lowest BCUT2D eigenvalue weighted by Crippen LogP contribution is -2.44. The quantitative estimate of drug-likeness (QED) is 0.586. The van der Waals surface area contributed by atoms with Crippen LogP contribution >= 0.6 is 24.2 Å². The number of thioether (sulfide) groups is 1. The number of rotatable bonds is 6. The van der Waals surface area contributed by atoms with Gasteiger partial charge in [0.05, 0.1) is 0 Å². The molecule has 0 saturated carbocycles. The Morgan fingerprint density at radius 1 is 1.00 bits per heavy atom. The van der Waals surface area contributed by atoms with Gasteiger partial charge in [-0.15, -0.1) is 24.2 Å². The van der Waals surface area contributed by atoms with E-state index in [2.05, 4.69) is 48.0 Å². The number of nitrogens with zero attached hydrogens (tertiary/aromatic N) is 2. The van der Waals surface area contributed by atoms with Gasteiger partial charge in [-0.1, -0.05) is 17.7 Å². The van der Waals surface area contributed by atoms with E-state index in [-0.39, 0.29) is 12.4 Å². The number of halogens is 1. The molecule has 1 aromatic carbocycles. The van der Waals surface area contributed by atoms with Crippen LogP contribution < -0.4 is 0 Å². The third-order valence-corrected chi connectivity index (χ3v) is 4.85. The van der Waals surface area contributed by atoms with Gasteiger partial charge in [0, 0.05) is 31.1 Å². The van der Waals surface area contributed by atoms with Crippen molar-refractivity contribution in [3.63, 3.8) is 0 Å². The molecule has 2 nitrogen and oxygen atoms in total. The number of aryl methyl sites for hydroxylation is 1. The van der Waals surface area contributed by atoms with E-state index in [0.29, 0.717) is 0 Å². The lowest BCUT2D eigenvalue weighted by Gasteiger charge is -2.32. The normalized spacial score (nSPS) is 16.9. The van der Waals surface area contributed by atoms with Gasteiger partial charge in [0.15, 0.2) is 0 Å². The van der Waals surface area contributed by atoms with E-state index in [1.807, 2.05) is 11.8 Å². The zero-order chi connectivity index (χ0) is 13.5. The molecule has 0 amide bonds. The average Bonchev–Trinajstić information content (AvgIpc) is 2.43. The summed E-state index contributed by atoms with van der Waals surface area (Å²) >= 11 is 1.99. The molecule has 0 unspecified atom stereocenters. The van der Waals surface area contributed by atoms with Gasteiger partial charge in [-0.25, -0.2) is 0 Å². The van der Waals surface area contributed by atoms with Crippen molar-refractivity contribution < 1.29 is 0 Å². The maximum absolute atomic E-state index is 2.61. The Hall–Kier alpha value is -0.220. The average molecular weight is 315 g/mol. The van der Waals surface area contributed by atoms with E-state index in [9.17, 15) is 0 Å². The smallest absolute Gasteiger partial charge is 0.0110 e. The molecule has 0 aromatic heterocycles. The van der Waals surface area contributed by atoms with Crippen LogP contribution in [-0.2, 0) is 0 Å². The topological polar surface area (TPSA) is 6.48 Å². The summed E-state index contributed by atoms with van der Waals surface area (Å²) in [4.78, 5) is 6.44. The first-order valence-corrected chi connectivity index (χ1v) is 8.33. The molecule has 2 rings (SSSR count). The summed E-state index contributed by atoms with van der Waals surface area (Å²) < 4.78 is 0. The molecular weight excluding hydrogens is 288 g/mol. The van der Waals surface area contributed by atoms with Gasteiger partial charge in [0.1, 0.15) is 0 Å².